The molecular formula is C19H24N2O5. The quantitative estimate of drug-likeness (QED) is 0.548. The summed E-state index contributed by atoms with van der Waals surface area (Å²) in [5, 5.41) is 33.8. The summed E-state index contributed by atoms with van der Waals surface area (Å²) in [6.07, 6.45) is -1.31. The Labute approximate surface area is 150 Å². The molecule has 1 aliphatic heterocycles. The Bertz CT molecular complexity index is 863. The van der Waals surface area contributed by atoms with Gasteiger partial charge in [0.2, 0.25) is 0 Å². The van der Waals surface area contributed by atoms with E-state index in [1.807, 2.05) is 24.3 Å². The molecule has 5 unspecified atom stereocenters. The first-order chi connectivity index (χ1) is 12.5. The average Bonchev–Trinajstić information content (AvgIpc) is 3.46. The molecule has 0 bridgehead atoms. The molecule has 7 heteroatoms. The van der Waals surface area contributed by atoms with Crippen molar-refractivity contribution >= 4 is 16.6 Å². The van der Waals surface area contributed by atoms with Gasteiger partial charge in [-0.15, -0.1) is 0 Å². The van der Waals surface area contributed by atoms with Crippen molar-refractivity contribution in [1.29, 1.82) is 0 Å². The van der Waals surface area contributed by atoms with Crippen LogP contribution >= 0.6 is 0 Å². The third-order valence-corrected chi connectivity index (χ3v) is 5.40. The monoisotopic (exact) mass is 360 g/mol. The van der Waals surface area contributed by atoms with Gasteiger partial charge in [-0.1, -0.05) is 6.07 Å². The van der Waals surface area contributed by atoms with Crippen molar-refractivity contribution in [3.05, 3.63) is 40.2 Å². The number of anilines is 1. The van der Waals surface area contributed by atoms with Gasteiger partial charge in [-0.3, -0.25) is 4.79 Å². The van der Waals surface area contributed by atoms with Gasteiger partial charge in [-0.05, 0) is 49.3 Å². The molecule has 2 heterocycles. The Morgan fingerprint density at radius 2 is 2.00 bits per heavy atom. The van der Waals surface area contributed by atoms with Crippen molar-refractivity contribution in [2.45, 2.75) is 56.1 Å². The molecule has 0 radical (unpaired) electrons. The molecule has 5 atom stereocenters. The summed E-state index contributed by atoms with van der Waals surface area (Å²) in [7, 11) is 0. The van der Waals surface area contributed by atoms with Gasteiger partial charge in [0.1, 0.15) is 18.3 Å². The van der Waals surface area contributed by atoms with E-state index in [4.69, 9.17) is 4.74 Å². The molecule has 26 heavy (non-hydrogen) atoms. The van der Waals surface area contributed by atoms with Crippen molar-refractivity contribution in [1.82, 2.24) is 4.98 Å². The lowest BCUT2D eigenvalue weighted by atomic mass is 9.93. The summed E-state index contributed by atoms with van der Waals surface area (Å²) in [5.74, 6) is 0.386. The summed E-state index contributed by atoms with van der Waals surface area (Å²) >= 11 is 0. The number of H-pyrrole nitrogens is 1. The molecule has 1 saturated heterocycles. The SMILES string of the molecule is CC1OC(CO)C(O)C(O)C1Nc1ccc2cc(C3CC3)c(=O)[nH]c2c1. The maximum Gasteiger partial charge on any atom is 0.251 e. The summed E-state index contributed by atoms with van der Waals surface area (Å²) < 4.78 is 5.58. The van der Waals surface area contributed by atoms with Crippen molar-refractivity contribution < 1.29 is 20.1 Å². The molecule has 2 aliphatic rings. The van der Waals surface area contributed by atoms with Crippen LogP contribution in [0.4, 0.5) is 5.69 Å². The van der Waals surface area contributed by atoms with E-state index in [0.29, 0.717) is 11.6 Å². The minimum Gasteiger partial charge on any atom is -0.394 e. The maximum atomic E-state index is 12.2. The number of aromatic amines is 1. The van der Waals surface area contributed by atoms with Crippen LogP contribution in [0.15, 0.2) is 29.1 Å². The lowest BCUT2D eigenvalue weighted by molar-refractivity contribution is -0.180. The number of aliphatic hydroxyl groups is 3. The van der Waals surface area contributed by atoms with Gasteiger partial charge < -0.3 is 30.4 Å². The number of aliphatic hydroxyl groups excluding tert-OH is 3. The molecule has 1 aromatic heterocycles. The zero-order chi connectivity index (χ0) is 18.4. The highest BCUT2D eigenvalue weighted by Crippen LogP contribution is 2.39. The first-order valence-electron chi connectivity index (χ1n) is 9.04. The topological polar surface area (TPSA) is 115 Å². The van der Waals surface area contributed by atoms with E-state index in [2.05, 4.69) is 10.3 Å². The molecule has 4 rings (SSSR count). The number of aromatic nitrogens is 1. The fourth-order valence-corrected chi connectivity index (χ4v) is 3.70. The van der Waals surface area contributed by atoms with Crippen LogP contribution in [0.3, 0.4) is 0 Å². The van der Waals surface area contributed by atoms with Crippen LogP contribution in [0.25, 0.3) is 10.9 Å². The van der Waals surface area contributed by atoms with Crippen LogP contribution in [0.1, 0.15) is 31.2 Å². The van der Waals surface area contributed by atoms with E-state index in [9.17, 15) is 20.1 Å². The van der Waals surface area contributed by atoms with Gasteiger partial charge in [0.05, 0.1) is 24.3 Å². The third kappa shape index (κ3) is 3.12. The Morgan fingerprint density at radius 1 is 1.23 bits per heavy atom. The number of rotatable bonds is 4. The minimum absolute atomic E-state index is 0.0484. The average molecular weight is 360 g/mol. The number of fused-ring (bicyclic) bond motifs is 1. The predicted octanol–water partition coefficient (Wildman–Crippen LogP) is 0.687. The van der Waals surface area contributed by atoms with Gasteiger partial charge in [-0.25, -0.2) is 0 Å². The Balaban J connectivity index is 1.59. The van der Waals surface area contributed by atoms with E-state index in [0.717, 1.165) is 29.3 Å². The second-order valence-corrected chi connectivity index (χ2v) is 7.34. The molecule has 0 spiro atoms. The minimum atomic E-state index is -1.17. The van der Waals surface area contributed by atoms with Gasteiger partial charge >= 0.3 is 0 Å². The number of ether oxygens (including phenoxy) is 1. The Hall–Kier alpha value is -1.93. The van der Waals surface area contributed by atoms with Gasteiger partial charge in [0.25, 0.3) is 5.56 Å². The number of hydrogen-bond acceptors (Lipinski definition) is 6. The molecule has 140 valence electrons. The van der Waals surface area contributed by atoms with Gasteiger partial charge in [-0.2, -0.15) is 0 Å². The largest absolute Gasteiger partial charge is 0.394 e. The van der Waals surface area contributed by atoms with Crippen LogP contribution in [-0.4, -0.2) is 57.4 Å². The zero-order valence-corrected chi connectivity index (χ0v) is 14.6. The van der Waals surface area contributed by atoms with E-state index in [-0.39, 0.29) is 12.2 Å². The second-order valence-electron chi connectivity index (χ2n) is 7.34. The lowest BCUT2D eigenvalue weighted by Crippen LogP contribution is -2.60. The smallest absolute Gasteiger partial charge is 0.251 e. The molecule has 0 amide bonds. The Morgan fingerprint density at radius 3 is 2.69 bits per heavy atom. The van der Waals surface area contributed by atoms with Gasteiger partial charge in [0.15, 0.2) is 0 Å². The third-order valence-electron chi connectivity index (χ3n) is 5.40. The highest BCUT2D eigenvalue weighted by molar-refractivity contribution is 5.82. The van der Waals surface area contributed by atoms with E-state index >= 15 is 0 Å². The first-order valence-corrected chi connectivity index (χ1v) is 9.04. The van der Waals surface area contributed by atoms with E-state index in [1.54, 1.807) is 6.92 Å². The molecule has 7 nitrogen and oxygen atoms in total. The van der Waals surface area contributed by atoms with Crippen molar-refractivity contribution in [3.8, 4) is 0 Å². The molecule has 2 fully saturated rings. The number of pyridine rings is 1. The number of hydrogen-bond donors (Lipinski definition) is 5. The zero-order valence-electron chi connectivity index (χ0n) is 14.6. The van der Waals surface area contributed by atoms with E-state index in [1.165, 1.54) is 0 Å². The summed E-state index contributed by atoms with van der Waals surface area (Å²) in [6, 6.07) is 7.03. The molecule has 2 aromatic rings. The van der Waals surface area contributed by atoms with Crippen LogP contribution in [0.2, 0.25) is 0 Å². The standard InChI is InChI=1S/C19H24N2O5/c1-9-16(18(24)17(23)15(8-22)26-9)20-12-5-4-11-6-13(10-2-3-10)19(25)21-14(11)7-12/h4-7,9-10,15-18,20,22-24H,2-3,8H2,1H3,(H,21,25). The Kier molecular flexibility index (Phi) is 4.48. The van der Waals surface area contributed by atoms with Crippen LogP contribution in [-0.2, 0) is 4.74 Å². The lowest BCUT2D eigenvalue weighted by Gasteiger charge is -2.41. The van der Waals surface area contributed by atoms with Crippen molar-refractivity contribution in [2.75, 3.05) is 11.9 Å². The first kappa shape index (κ1) is 17.5. The molecule has 1 aromatic carbocycles. The number of benzene rings is 1. The fraction of sp³-hybridized carbons (Fsp3) is 0.526. The van der Waals surface area contributed by atoms with Crippen LogP contribution in [0, 0.1) is 0 Å². The summed E-state index contributed by atoms with van der Waals surface area (Å²) in [6.45, 7) is 1.43. The fourth-order valence-electron chi connectivity index (χ4n) is 3.70. The van der Waals surface area contributed by atoms with E-state index < -0.39 is 30.5 Å². The highest BCUT2D eigenvalue weighted by atomic mass is 16.5. The molecule has 1 saturated carbocycles. The molecule has 1 aliphatic carbocycles. The summed E-state index contributed by atoms with van der Waals surface area (Å²) in [4.78, 5) is 15.2. The number of nitrogens with one attached hydrogen (secondary N) is 2. The normalized spacial score (nSPS) is 31.9. The second kappa shape index (κ2) is 6.66. The van der Waals surface area contributed by atoms with Crippen molar-refractivity contribution in [3.63, 3.8) is 0 Å². The molecular weight excluding hydrogens is 336 g/mol. The summed E-state index contributed by atoms with van der Waals surface area (Å²) in [5.41, 5.74) is 2.23. The van der Waals surface area contributed by atoms with Crippen LogP contribution in [0.5, 0.6) is 0 Å². The van der Waals surface area contributed by atoms with Crippen molar-refractivity contribution in [2.24, 2.45) is 0 Å². The highest BCUT2D eigenvalue weighted by Gasteiger charge is 2.42. The maximum absolute atomic E-state index is 12.2. The molecule has 5 N–H and O–H groups in total. The van der Waals surface area contributed by atoms with Gasteiger partial charge in [0, 0.05) is 11.3 Å². The van der Waals surface area contributed by atoms with Crippen LogP contribution < -0.4 is 10.9 Å². The predicted molar refractivity (Wildman–Crippen MR) is 97.4 cm³/mol.